The molecule has 0 radical (unpaired) electrons. The average Bonchev–Trinajstić information content (AvgIpc) is 3.23. The van der Waals surface area contributed by atoms with E-state index >= 15 is 0 Å². The van der Waals surface area contributed by atoms with E-state index in [1.165, 1.54) is 70.6 Å². The summed E-state index contributed by atoms with van der Waals surface area (Å²) in [4.78, 5) is 13.1. The number of carbonyl (C=O) groups is 1. The van der Waals surface area contributed by atoms with Gasteiger partial charge in [0.1, 0.15) is 48.8 Å². The first kappa shape index (κ1) is 53.3. The predicted octanol–water partition coefficient (Wildman–Crippen LogP) is 4.37. The van der Waals surface area contributed by atoms with Crippen molar-refractivity contribution in [3.8, 4) is 0 Å². The SMILES string of the molecule is CCCCCC/C=C/CC/C=C/CC/C=C/C(O)C(COC1OC(CO)C(OC2OC(CO)C(O)C(O)C2O)C(O)C1O)NC(=O)CCCCCCCCCCCCC. The Bertz CT molecular complexity index is 1140. The van der Waals surface area contributed by atoms with E-state index in [1.54, 1.807) is 6.08 Å². The van der Waals surface area contributed by atoms with Gasteiger partial charge >= 0.3 is 0 Å². The largest absolute Gasteiger partial charge is 0.394 e. The van der Waals surface area contributed by atoms with Gasteiger partial charge in [-0.05, 0) is 44.9 Å². The first-order chi connectivity index (χ1) is 28.6. The highest BCUT2D eigenvalue weighted by atomic mass is 16.7. The minimum atomic E-state index is -1.79. The van der Waals surface area contributed by atoms with E-state index in [0.717, 1.165) is 44.9 Å². The number of amides is 1. The third-order valence-electron chi connectivity index (χ3n) is 11.1. The summed E-state index contributed by atoms with van der Waals surface area (Å²) in [5, 5.41) is 86.3. The molecule has 0 saturated carbocycles. The highest BCUT2D eigenvalue weighted by Crippen LogP contribution is 2.30. The maximum atomic E-state index is 13.1. The number of carbonyl (C=O) groups excluding carboxylic acids is 1. The number of hydrogen-bond acceptors (Lipinski definition) is 13. The van der Waals surface area contributed by atoms with Gasteiger partial charge in [-0.2, -0.15) is 0 Å². The van der Waals surface area contributed by atoms with Gasteiger partial charge in [0.2, 0.25) is 5.91 Å². The predicted molar refractivity (Wildman–Crippen MR) is 226 cm³/mol. The second-order valence-electron chi connectivity index (χ2n) is 16.2. The topological polar surface area (TPSA) is 228 Å². The fourth-order valence-electron chi connectivity index (χ4n) is 7.26. The highest BCUT2D eigenvalue weighted by molar-refractivity contribution is 5.76. The van der Waals surface area contributed by atoms with Crippen LogP contribution in [0.3, 0.4) is 0 Å². The van der Waals surface area contributed by atoms with E-state index < -0.39 is 86.8 Å². The molecular weight excluding hydrogens is 762 g/mol. The minimum Gasteiger partial charge on any atom is -0.394 e. The minimum absolute atomic E-state index is 0.258. The summed E-state index contributed by atoms with van der Waals surface area (Å²) in [6.07, 6.45) is 17.7. The Morgan fingerprint density at radius 1 is 0.593 bits per heavy atom. The molecule has 0 spiro atoms. The summed E-state index contributed by atoms with van der Waals surface area (Å²) in [7, 11) is 0. The first-order valence-electron chi connectivity index (χ1n) is 22.7. The lowest BCUT2D eigenvalue weighted by Crippen LogP contribution is -2.65. The number of ether oxygens (including phenoxy) is 4. The quantitative estimate of drug-likeness (QED) is 0.0331. The van der Waals surface area contributed by atoms with Crippen LogP contribution in [0.1, 0.15) is 149 Å². The second kappa shape index (κ2) is 32.9. The molecule has 0 aliphatic carbocycles. The number of aliphatic hydroxyl groups excluding tert-OH is 8. The van der Waals surface area contributed by atoms with Gasteiger partial charge in [-0.25, -0.2) is 0 Å². The van der Waals surface area contributed by atoms with Crippen molar-refractivity contribution < 1.29 is 64.6 Å². The summed E-state index contributed by atoms with van der Waals surface area (Å²) in [6.45, 7) is 2.69. The van der Waals surface area contributed by atoms with E-state index in [2.05, 4.69) is 43.5 Å². The van der Waals surface area contributed by atoms with Crippen LogP contribution in [0.15, 0.2) is 36.5 Å². The molecule has 344 valence electrons. The van der Waals surface area contributed by atoms with Crippen molar-refractivity contribution >= 4 is 5.91 Å². The molecule has 1 amide bonds. The molecule has 2 fully saturated rings. The van der Waals surface area contributed by atoms with E-state index in [-0.39, 0.29) is 18.9 Å². The number of allylic oxidation sites excluding steroid dienone is 5. The number of rotatable bonds is 33. The maximum Gasteiger partial charge on any atom is 0.220 e. The van der Waals surface area contributed by atoms with Crippen molar-refractivity contribution in [2.75, 3.05) is 19.8 Å². The van der Waals surface area contributed by atoms with Crippen LogP contribution in [0.4, 0.5) is 0 Å². The molecule has 14 nitrogen and oxygen atoms in total. The van der Waals surface area contributed by atoms with Gasteiger partial charge < -0.3 is 65.1 Å². The maximum absolute atomic E-state index is 13.1. The van der Waals surface area contributed by atoms with Crippen molar-refractivity contribution in [2.24, 2.45) is 0 Å². The molecule has 0 bridgehead atoms. The zero-order valence-corrected chi connectivity index (χ0v) is 36.0. The molecular formula is C45H81NO13. The number of unbranched alkanes of at least 4 members (excludes halogenated alkanes) is 16. The number of aliphatic hydroxyl groups is 8. The lowest BCUT2D eigenvalue weighted by molar-refractivity contribution is -0.359. The standard InChI is InChI=1S/C45H81NO13/c1-3-5-7-9-11-13-15-16-17-19-20-22-24-26-28-34(49)33(46-37(50)29-27-25-23-21-18-14-12-10-8-6-4-2)32-56-44-42(55)40(53)43(36(31-48)58-44)59-45-41(54)39(52)38(51)35(30-47)57-45/h13,15,19-20,26,28,33-36,38-45,47-49,51-55H,3-12,14,16-18,21-25,27,29-32H2,1-2H3,(H,46,50)/b15-13+,20-19+,28-26+. The highest BCUT2D eigenvalue weighted by Gasteiger charge is 2.50. The molecule has 2 saturated heterocycles. The molecule has 59 heavy (non-hydrogen) atoms. The molecule has 0 aromatic rings. The van der Waals surface area contributed by atoms with Gasteiger partial charge in [-0.15, -0.1) is 0 Å². The van der Waals surface area contributed by atoms with Crippen LogP contribution in [-0.4, -0.2) is 140 Å². The molecule has 12 atom stereocenters. The monoisotopic (exact) mass is 844 g/mol. The van der Waals surface area contributed by atoms with Crippen molar-refractivity contribution in [2.45, 2.75) is 222 Å². The van der Waals surface area contributed by atoms with Crippen LogP contribution < -0.4 is 5.32 Å². The Labute approximate surface area is 353 Å². The van der Waals surface area contributed by atoms with Gasteiger partial charge in [0.15, 0.2) is 12.6 Å². The Morgan fingerprint density at radius 2 is 1.08 bits per heavy atom. The summed E-state index contributed by atoms with van der Waals surface area (Å²) < 4.78 is 22.6. The van der Waals surface area contributed by atoms with E-state index in [0.29, 0.717) is 12.8 Å². The van der Waals surface area contributed by atoms with Crippen molar-refractivity contribution in [3.63, 3.8) is 0 Å². The Morgan fingerprint density at radius 3 is 1.66 bits per heavy atom. The molecule has 9 N–H and O–H groups in total. The fraction of sp³-hybridized carbons (Fsp3) is 0.844. The normalized spacial score (nSPS) is 28.8. The van der Waals surface area contributed by atoms with Gasteiger partial charge in [-0.3, -0.25) is 4.79 Å². The van der Waals surface area contributed by atoms with E-state index in [1.807, 2.05) is 6.08 Å². The average molecular weight is 844 g/mol. The van der Waals surface area contributed by atoms with Gasteiger partial charge in [-0.1, -0.05) is 134 Å². The third kappa shape index (κ3) is 21.2. The van der Waals surface area contributed by atoms with E-state index in [4.69, 9.17) is 18.9 Å². The molecule has 2 heterocycles. The summed E-state index contributed by atoms with van der Waals surface area (Å²) >= 11 is 0. The van der Waals surface area contributed by atoms with Crippen LogP contribution in [-0.2, 0) is 23.7 Å². The molecule has 2 aliphatic rings. The van der Waals surface area contributed by atoms with Crippen molar-refractivity contribution in [1.29, 1.82) is 0 Å². The Hall–Kier alpha value is -1.79. The van der Waals surface area contributed by atoms with Crippen LogP contribution in [0.2, 0.25) is 0 Å². The lowest BCUT2D eigenvalue weighted by Gasteiger charge is -2.46. The second-order valence-corrected chi connectivity index (χ2v) is 16.2. The zero-order valence-electron chi connectivity index (χ0n) is 36.0. The van der Waals surface area contributed by atoms with Crippen LogP contribution >= 0.6 is 0 Å². The molecule has 14 heteroatoms. The fourth-order valence-corrected chi connectivity index (χ4v) is 7.26. The molecule has 0 aromatic carbocycles. The molecule has 0 aromatic heterocycles. The zero-order chi connectivity index (χ0) is 43.3. The van der Waals surface area contributed by atoms with Crippen LogP contribution in [0.5, 0.6) is 0 Å². The van der Waals surface area contributed by atoms with Crippen LogP contribution in [0.25, 0.3) is 0 Å². The first-order valence-corrected chi connectivity index (χ1v) is 22.7. The van der Waals surface area contributed by atoms with E-state index in [9.17, 15) is 45.6 Å². The van der Waals surface area contributed by atoms with Gasteiger partial charge in [0, 0.05) is 6.42 Å². The Balaban J connectivity index is 1.94. The third-order valence-corrected chi connectivity index (χ3v) is 11.1. The van der Waals surface area contributed by atoms with Crippen molar-refractivity contribution in [3.05, 3.63) is 36.5 Å². The summed E-state index contributed by atoms with van der Waals surface area (Å²) in [5.74, 6) is -0.258. The van der Waals surface area contributed by atoms with Gasteiger partial charge in [0.25, 0.3) is 0 Å². The number of hydrogen-bond donors (Lipinski definition) is 9. The van der Waals surface area contributed by atoms with Crippen LogP contribution in [0, 0.1) is 0 Å². The molecule has 2 rings (SSSR count). The smallest absolute Gasteiger partial charge is 0.220 e. The summed E-state index contributed by atoms with van der Waals surface area (Å²) in [6, 6.07) is -0.931. The summed E-state index contributed by atoms with van der Waals surface area (Å²) in [5.41, 5.74) is 0. The van der Waals surface area contributed by atoms with Gasteiger partial charge in [0.05, 0.1) is 32.0 Å². The lowest BCUT2D eigenvalue weighted by atomic mass is 9.97. The molecule has 2 aliphatic heterocycles. The van der Waals surface area contributed by atoms with Crippen molar-refractivity contribution in [1.82, 2.24) is 5.32 Å². The number of nitrogens with one attached hydrogen (secondary N) is 1. The Kier molecular flexibility index (Phi) is 29.7. The molecule has 12 unspecified atom stereocenters.